The van der Waals surface area contributed by atoms with E-state index in [2.05, 4.69) is 0 Å². The quantitative estimate of drug-likeness (QED) is 0.663. The number of hydrogen-bond donors (Lipinski definition) is 1. The number of para-hydroxylation sites is 1. The number of aryl methyl sites for hydroxylation is 1. The summed E-state index contributed by atoms with van der Waals surface area (Å²) in [4.78, 5) is 0. The van der Waals surface area contributed by atoms with Crippen LogP contribution in [0.25, 0.3) is 22.3 Å². The normalized spacial score (nSPS) is 11.1. The highest BCUT2D eigenvalue weighted by Gasteiger charge is 2.14. The van der Waals surface area contributed by atoms with Gasteiger partial charge in [-0.05, 0) is 36.8 Å². The molecule has 0 aliphatic heterocycles. The summed E-state index contributed by atoms with van der Waals surface area (Å²) in [5, 5.41) is 0.591. The first-order valence-corrected chi connectivity index (χ1v) is 5.80. The van der Waals surface area contributed by atoms with Gasteiger partial charge >= 0.3 is 0 Å². The largest absolute Gasteiger partial charge is 0.453 e. The molecule has 0 amide bonds. The van der Waals surface area contributed by atoms with Gasteiger partial charge in [0.15, 0.2) is 11.4 Å². The van der Waals surface area contributed by atoms with Crippen LogP contribution in [0.5, 0.6) is 0 Å². The van der Waals surface area contributed by atoms with E-state index in [9.17, 15) is 8.78 Å². The van der Waals surface area contributed by atoms with Gasteiger partial charge in [-0.2, -0.15) is 0 Å². The lowest BCUT2D eigenvalue weighted by atomic mass is 10.1. The number of anilines is 1. The van der Waals surface area contributed by atoms with Crippen LogP contribution in [0.15, 0.2) is 40.8 Å². The molecule has 0 radical (unpaired) electrons. The van der Waals surface area contributed by atoms with Crippen LogP contribution in [-0.2, 0) is 0 Å². The van der Waals surface area contributed by atoms with Crippen molar-refractivity contribution in [1.29, 1.82) is 0 Å². The molecule has 1 aromatic heterocycles. The highest BCUT2D eigenvalue weighted by Crippen LogP contribution is 2.32. The highest BCUT2D eigenvalue weighted by molar-refractivity contribution is 5.83. The minimum atomic E-state index is -0.468. The van der Waals surface area contributed by atoms with Crippen LogP contribution in [0.3, 0.4) is 0 Å². The molecule has 0 atom stereocenters. The number of nitrogens with two attached hydrogens (primary N) is 1. The molecule has 0 spiro atoms. The summed E-state index contributed by atoms with van der Waals surface area (Å²) < 4.78 is 32.9. The second-order valence-electron chi connectivity index (χ2n) is 4.46. The first kappa shape index (κ1) is 11.7. The van der Waals surface area contributed by atoms with E-state index in [1.807, 2.05) is 0 Å². The van der Waals surface area contributed by atoms with Crippen molar-refractivity contribution in [2.24, 2.45) is 0 Å². The third-order valence-electron chi connectivity index (χ3n) is 3.12. The lowest BCUT2D eigenvalue weighted by molar-refractivity contribution is 0.562. The Hall–Kier alpha value is -2.36. The summed E-state index contributed by atoms with van der Waals surface area (Å²) in [7, 11) is 0. The molecule has 1 heterocycles. The smallest absolute Gasteiger partial charge is 0.170 e. The lowest BCUT2D eigenvalue weighted by Gasteiger charge is -2.04. The van der Waals surface area contributed by atoms with Crippen molar-refractivity contribution in [3.8, 4) is 11.3 Å². The van der Waals surface area contributed by atoms with E-state index < -0.39 is 11.6 Å². The minimum Gasteiger partial charge on any atom is -0.453 e. The van der Waals surface area contributed by atoms with Crippen LogP contribution >= 0.6 is 0 Å². The lowest BCUT2D eigenvalue weighted by Crippen LogP contribution is -1.93. The van der Waals surface area contributed by atoms with Crippen molar-refractivity contribution >= 4 is 16.7 Å². The maximum atomic E-state index is 13.9. The fraction of sp³-hybridized carbons (Fsp3) is 0.0667. The molecule has 3 aromatic rings. The van der Waals surface area contributed by atoms with Crippen LogP contribution < -0.4 is 5.73 Å². The number of nitrogen functional groups attached to an aromatic ring is 1. The van der Waals surface area contributed by atoms with E-state index in [0.717, 1.165) is 0 Å². The van der Waals surface area contributed by atoms with E-state index in [-0.39, 0.29) is 16.9 Å². The maximum Gasteiger partial charge on any atom is 0.170 e. The van der Waals surface area contributed by atoms with E-state index in [1.54, 1.807) is 25.1 Å². The third-order valence-corrected chi connectivity index (χ3v) is 3.12. The fourth-order valence-electron chi connectivity index (χ4n) is 2.04. The molecule has 19 heavy (non-hydrogen) atoms. The molecular formula is C15H11F2NO. The number of halogens is 2. The SMILES string of the molecule is Cc1cc(F)c(-c2cc3cccc(F)c3o2)cc1N. The van der Waals surface area contributed by atoms with Gasteiger partial charge in [0.1, 0.15) is 11.6 Å². The molecule has 0 saturated heterocycles. The Balaban J connectivity index is 2.25. The zero-order chi connectivity index (χ0) is 13.6. The van der Waals surface area contributed by atoms with Gasteiger partial charge < -0.3 is 10.2 Å². The Kier molecular flexibility index (Phi) is 2.52. The van der Waals surface area contributed by atoms with Gasteiger partial charge in [0, 0.05) is 11.1 Å². The standard InChI is InChI=1S/C15H11F2NO/c1-8-5-12(17)10(7-13(8)18)14-6-9-3-2-4-11(16)15(9)19-14/h2-7H,18H2,1H3. The summed E-state index contributed by atoms with van der Waals surface area (Å²) in [6.45, 7) is 1.72. The molecule has 2 N–H and O–H groups in total. The molecule has 0 aliphatic carbocycles. The zero-order valence-electron chi connectivity index (χ0n) is 10.2. The highest BCUT2D eigenvalue weighted by atomic mass is 19.1. The Morgan fingerprint density at radius 3 is 2.58 bits per heavy atom. The first-order chi connectivity index (χ1) is 9.06. The summed E-state index contributed by atoms with van der Waals surface area (Å²) in [6.07, 6.45) is 0. The summed E-state index contributed by atoms with van der Waals surface area (Å²) >= 11 is 0. The second-order valence-corrected chi connectivity index (χ2v) is 4.46. The van der Waals surface area contributed by atoms with Crippen molar-refractivity contribution in [3.63, 3.8) is 0 Å². The fourth-order valence-corrected chi connectivity index (χ4v) is 2.04. The zero-order valence-corrected chi connectivity index (χ0v) is 10.2. The van der Waals surface area contributed by atoms with Crippen LogP contribution in [0.1, 0.15) is 5.56 Å². The van der Waals surface area contributed by atoms with Gasteiger partial charge in [-0.15, -0.1) is 0 Å². The molecule has 0 unspecified atom stereocenters. The topological polar surface area (TPSA) is 39.2 Å². The van der Waals surface area contributed by atoms with Gasteiger partial charge in [-0.3, -0.25) is 0 Å². The maximum absolute atomic E-state index is 13.9. The van der Waals surface area contributed by atoms with Gasteiger partial charge in [-0.1, -0.05) is 12.1 Å². The number of fused-ring (bicyclic) bond motifs is 1. The minimum absolute atomic E-state index is 0.121. The van der Waals surface area contributed by atoms with Gasteiger partial charge in [-0.25, -0.2) is 8.78 Å². The molecular weight excluding hydrogens is 248 g/mol. The van der Waals surface area contributed by atoms with E-state index >= 15 is 0 Å². The number of rotatable bonds is 1. The molecule has 0 aliphatic rings. The summed E-state index contributed by atoms with van der Waals surface area (Å²) in [6, 6.07) is 9.03. The van der Waals surface area contributed by atoms with Crippen LogP contribution in [0.2, 0.25) is 0 Å². The molecule has 3 rings (SSSR count). The first-order valence-electron chi connectivity index (χ1n) is 5.80. The third kappa shape index (κ3) is 1.85. The Morgan fingerprint density at radius 2 is 1.84 bits per heavy atom. The van der Waals surface area contributed by atoms with E-state index in [1.165, 1.54) is 18.2 Å². The van der Waals surface area contributed by atoms with Crippen LogP contribution in [0, 0.1) is 18.6 Å². The average molecular weight is 259 g/mol. The molecule has 0 saturated carbocycles. The van der Waals surface area contributed by atoms with E-state index in [4.69, 9.17) is 10.2 Å². The molecule has 96 valence electrons. The average Bonchev–Trinajstić information content (AvgIpc) is 2.79. The van der Waals surface area contributed by atoms with Gasteiger partial charge in [0.2, 0.25) is 0 Å². The molecule has 2 aromatic carbocycles. The van der Waals surface area contributed by atoms with E-state index in [0.29, 0.717) is 16.6 Å². The van der Waals surface area contributed by atoms with Crippen molar-refractivity contribution in [1.82, 2.24) is 0 Å². The van der Waals surface area contributed by atoms with Crippen molar-refractivity contribution in [2.75, 3.05) is 5.73 Å². The van der Waals surface area contributed by atoms with Crippen molar-refractivity contribution < 1.29 is 13.2 Å². The molecule has 2 nitrogen and oxygen atoms in total. The predicted octanol–water partition coefficient (Wildman–Crippen LogP) is 4.27. The van der Waals surface area contributed by atoms with Gasteiger partial charge in [0.05, 0.1) is 5.56 Å². The number of hydrogen-bond acceptors (Lipinski definition) is 2. The molecule has 4 heteroatoms. The van der Waals surface area contributed by atoms with Crippen LogP contribution in [-0.4, -0.2) is 0 Å². The summed E-state index contributed by atoms with van der Waals surface area (Å²) in [5.41, 5.74) is 7.25. The second kappa shape index (κ2) is 4.09. The van der Waals surface area contributed by atoms with Crippen molar-refractivity contribution in [2.45, 2.75) is 6.92 Å². The Morgan fingerprint density at radius 1 is 1.05 bits per heavy atom. The Labute approximate surface area is 108 Å². The number of benzene rings is 2. The number of furan rings is 1. The summed E-state index contributed by atoms with van der Waals surface area (Å²) in [5.74, 6) is -0.639. The van der Waals surface area contributed by atoms with Gasteiger partial charge in [0.25, 0.3) is 0 Å². The van der Waals surface area contributed by atoms with Crippen LogP contribution in [0.4, 0.5) is 14.5 Å². The molecule has 0 bridgehead atoms. The monoisotopic (exact) mass is 259 g/mol. The van der Waals surface area contributed by atoms with Crippen molar-refractivity contribution in [3.05, 3.63) is 53.6 Å². The predicted molar refractivity (Wildman–Crippen MR) is 70.7 cm³/mol. The Bertz CT molecular complexity index is 777. The molecule has 0 fully saturated rings.